The van der Waals surface area contributed by atoms with Gasteiger partial charge >= 0.3 is 0 Å². The van der Waals surface area contributed by atoms with Gasteiger partial charge in [0.25, 0.3) is 0 Å². The molecule has 6 nitrogen and oxygen atoms in total. The molecule has 2 rings (SSSR count). The molecule has 0 aliphatic heterocycles. The van der Waals surface area contributed by atoms with E-state index >= 15 is 0 Å². The second-order valence-corrected chi connectivity index (χ2v) is 2.98. The molecular weight excluding hydrogens is 180 g/mol. The summed E-state index contributed by atoms with van der Waals surface area (Å²) in [7, 11) is 0. The lowest BCUT2D eigenvalue weighted by Crippen LogP contribution is -2.07. The summed E-state index contributed by atoms with van der Waals surface area (Å²) in [6.45, 7) is 4.64. The van der Waals surface area contributed by atoms with Crippen LogP contribution in [0.25, 0.3) is 5.82 Å². The van der Waals surface area contributed by atoms with Crippen LogP contribution in [-0.2, 0) is 6.54 Å². The number of nitrogen functional groups attached to an aromatic ring is 1. The van der Waals surface area contributed by atoms with Crippen LogP contribution in [0.2, 0.25) is 0 Å². The zero-order chi connectivity index (χ0) is 10.1. The molecule has 2 heterocycles. The summed E-state index contributed by atoms with van der Waals surface area (Å²) in [6, 6.07) is 0. The monoisotopic (exact) mass is 192 g/mol. The van der Waals surface area contributed by atoms with Gasteiger partial charge in [-0.05, 0) is 13.8 Å². The first-order valence-electron chi connectivity index (χ1n) is 4.42. The van der Waals surface area contributed by atoms with E-state index < -0.39 is 0 Å². The highest BCUT2D eigenvalue weighted by atomic mass is 15.4. The van der Waals surface area contributed by atoms with Gasteiger partial charge in [0.05, 0.1) is 11.4 Å². The van der Waals surface area contributed by atoms with E-state index in [0.717, 1.165) is 18.1 Å². The second kappa shape index (κ2) is 3.13. The van der Waals surface area contributed by atoms with Crippen LogP contribution in [0.1, 0.15) is 12.6 Å². The predicted octanol–water partition coefficient (Wildman–Crippen LogP) is 0.374. The molecule has 2 aromatic heterocycles. The van der Waals surface area contributed by atoms with Crippen molar-refractivity contribution in [1.29, 1.82) is 0 Å². The van der Waals surface area contributed by atoms with E-state index in [1.54, 1.807) is 15.7 Å². The molecule has 0 fully saturated rings. The molecule has 0 amide bonds. The van der Waals surface area contributed by atoms with Crippen LogP contribution >= 0.6 is 0 Å². The van der Waals surface area contributed by atoms with Crippen molar-refractivity contribution >= 4 is 5.69 Å². The molecule has 0 atom stereocenters. The lowest BCUT2D eigenvalue weighted by Gasteiger charge is -2.03. The van der Waals surface area contributed by atoms with Crippen LogP contribution in [0.15, 0.2) is 12.7 Å². The van der Waals surface area contributed by atoms with Gasteiger partial charge in [0.1, 0.15) is 12.7 Å². The smallest absolute Gasteiger partial charge is 0.177 e. The first-order chi connectivity index (χ1) is 6.74. The van der Waals surface area contributed by atoms with Gasteiger partial charge in [-0.25, -0.2) is 14.3 Å². The quantitative estimate of drug-likeness (QED) is 0.746. The average Bonchev–Trinajstić information content (AvgIpc) is 2.76. The highest BCUT2D eigenvalue weighted by Gasteiger charge is 2.13. The van der Waals surface area contributed by atoms with Crippen molar-refractivity contribution in [2.24, 2.45) is 0 Å². The van der Waals surface area contributed by atoms with Crippen molar-refractivity contribution in [1.82, 2.24) is 24.5 Å². The van der Waals surface area contributed by atoms with Gasteiger partial charge in [-0.2, -0.15) is 10.2 Å². The van der Waals surface area contributed by atoms with Gasteiger partial charge < -0.3 is 5.73 Å². The fourth-order valence-electron chi connectivity index (χ4n) is 1.36. The van der Waals surface area contributed by atoms with Crippen molar-refractivity contribution in [2.75, 3.05) is 5.73 Å². The number of aromatic nitrogens is 5. The fraction of sp³-hybridized carbons (Fsp3) is 0.375. The molecule has 0 saturated heterocycles. The number of hydrogen-bond acceptors (Lipinski definition) is 4. The van der Waals surface area contributed by atoms with Crippen molar-refractivity contribution < 1.29 is 0 Å². The average molecular weight is 192 g/mol. The first kappa shape index (κ1) is 8.74. The Kier molecular flexibility index (Phi) is 1.95. The molecule has 0 unspecified atom stereocenters. The first-order valence-corrected chi connectivity index (χ1v) is 4.42. The van der Waals surface area contributed by atoms with E-state index in [0.29, 0.717) is 5.69 Å². The van der Waals surface area contributed by atoms with Crippen LogP contribution in [0.5, 0.6) is 0 Å². The normalized spacial score (nSPS) is 10.7. The Morgan fingerprint density at radius 3 is 2.86 bits per heavy atom. The van der Waals surface area contributed by atoms with Gasteiger partial charge in [-0.15, -0.1) is 0 Å². The van der Waals surface area contributed by atoms with Crippen molar-refractivity contribution in [3.8, 4) is 5.82 Å². The molecule has 6 heteroatoms. The van der Waals surface area contributed by atoms with E-state index in [1.807, 2.05) is 13.8 Å². The maximum Gasteiger partial charge on any atom is 0.177 e. The number of anilines is 1. The Labute approximate surface area is 81.4 Å². The highest BCUT2D eigenvalue weighted by Crippen LogP contribution is 2.19. The summed E-state index contributed by atoms with van der Waals surface area (Å²) in [6.07, 6.45) is 3.08. The standard InChI is InChI=1S/C8H12N6/c1-3-13-8(7(9)6(2)12-13)14-5-10-4-11-14/h4-5H,3,9H2,1-2H3. The molecule has 0 bridgehead atoms. The van der Waals surface area contributed by atoms with E-state index in [1.165, 1.54) is 6.33 Å². The summed E-state index contributed by atoms with van der Waals surface area (Å²) in [5, 5.41) is 8.32. The maximum atomic E-state index is 5.90. The second-order valence-electron chi connectivity index (χ2n) is 2.98. The summed E-state index contributed by atoms with van der Waals surface area (Å²) in [4.78, 5) is 3.88. The molecule has 0 radical (unpaired) electrons. The maximum absolute atomic E-state index is 5.90. The van der Waals surface area contributed by atoms with Gasteiger partial charge in [-0.1, -0.05) is 0 Å². The fourth-order valence-corrected chi connectivity index (χ4v) is 1.36. The van der Waals surface area contributed by atoms with Crippen molar-refractivity contribution in [3.05, 3.63) is 18.3 Å². The summed E-state index contributed by atoms with van der Waals surface area (Å²) < 4.78 is 3.43. The minimum absolute atomic E-state index is 0.650. The minimum atomic E-state index is 0.650. The van der Waals surface area contributed by atoms with Crippen LogP contribution in [0.3, 0.4) is 0 Å². The summed E-state index contributed by atoms with van der Waals surface area (Å²) in [5.41, 5.74) is 7.37. The highest BCUT2D eigenvalue weighted by molar-refractivity contribution is 5.56. The lowest BCUT2D eigenvalue weighted by molar-refractivity contribution is 0.618. The zero-order valence-corrected chi connectivity index (χ0v) is 8.18. The van der Waals surface area contributed by atoms with Crippen molar-refractivity contribution in [3.63, 3.8) is 0 Å². The number of hydrogen-bond donors (Lipinski definition) is 1. The number of rotatable bonds is 2. The minimum Gasteiger partial charge on any atom is -0.394 e. The van der Waals surface area contributed by atoms with E-state index in [9.17, 15) is 0 Å². The third kappa shape index (κ3) is 1.15. The van der Waals surface area contributed by atoms with Crippen LogP contribution < -0.4 is 5.73 Å². The van der Waals surface area contributed by atoms with E-state index in [4.69, 9.17) is 5.73 Å². The Bertz CT molecular complexity index is 427. The molecular formula is C8H12N6. The van der Waals surface area contributed by atoms with E-state index in [-0.39, 0.29) is 0 Å². The Hall–Kier alpha value is -1.85. The molecule has 74 valence electrons. The van der Waals surface area contributed by atoms with Crippen molar-refractivity contribution in [2.45, 2.75) is 20.4 Å². The topological polar surface area (TPSA) is 74.6 Å². The van der Waals surface area contributed by atoms with Crippen LogP contribution in [0.4, 0.5) is 5.69 Å². The molecule has 2 aromatic rings. The number of nitrogens with two attached hydrogens (primary N) is 1. The molecule has 0 spiro atoms. The van der Waals surface area contributed by atoms with E-state index in [2.05, 4.69) is 15.2 Å². The van der Waals surface area contributed by atoms with Crippen LogP contribution in [0, 0.1) is 6.92 Å². The third-order valence-corrected chi connectivity index (χ3v) is 2.08. The molecule has 0 saturated carbocycles. The molecule has 0 aromatic carbocycles. The largest absolute Gasteiger partial charge is 0.394 e. The lowest BCUT2D eigenvalue weighted by atomic mass is 10.4. The van der Waals surface area contributed by atoms with Gasteiger partial charge in [0.15, 0.2) is 5.82 Å². The predicted molar refractivity (Wildman–Crippen MR) is 52.0 cm³/mol. The summed E-state index contributed by atoms with van der Waals surface area (Å²) >= 11 is 0. The molecule has 2 N–H and O–H groups in total. The Morgan fingerprint density at radius 1 is 1.50 bits per heavy atom. The number of aryl methyl sites for hydroxylation is 2. The molecule has 0 aliphatic rings. The van der Waals surface area contributed by atoms with Gasteiger partial charge in [-0.3, -0.25) is 0 Å². The third-order valence-electron chi connectivity index (χ3n) is 2.08. The molecule has 0 aliphatic carbocycles. The summed E-state index contributed by atoms with van der Waals surface area (Å²) in [5.74, 6) is 0.780. The number of nitrogens with zero attached hydrogens (tertiary/aromatic N) is 5. The van der Waals surface area contributed by atoms with Gasteiger partial charge in [0.2, 0.25) is 0 Å². The Balaban J connectivity index is 2.61. The molecule has 14 heavy (non-hydrogen) atoms. The SMILES string of the molecule is CCn1nc(C)c(N)c1-n1cncn1. The Morgan fingerprint density at radius 2 is 2.29 bits per heavy atom. The van der Waals surface area contributed by atoms with Gasteiger partial charge in [0, 0.05) is 6.54 Å². The van der Waals surface area contributed by atoms with Crippen LogP contribution in [-0.4, -0.2) is 24.5 Å². The zero-order valence-electron chi connectivity index (χ0n) is 8.18.